The highest BCUT2D eigenvalue weighted by Crippen LogP contribution is 2.40. The third-order valence-corrected chi connectivity index (χ3v) is 5.27. The lowest BCUT2D eigenvalue weighted by atomic mass is 9.97. The molecule has 3 aromatic rings. The first-order chi connectivity index (χ1) is 11.2. The summed E-state index contributed by atoms with van der Waals surface area (Å²) in [4.78, 5) is 22.2. The highest BCUT2D eigenvalue weighted by molar-refractivity contribution is 7.18. The van der Waals surface area contributed by atoms with Gasteiger partial charge in [0.25, 0.3) is 0 Å². The Labute approximate surface area is 137 Å². The average Bonchev–Trinajstić information content (AvgIpc) is 2.95. The van der Waals surface area contributed by atoms with Crippen molar-refractivity contribution in [3.05, 3.63) is 46.6 Å². The minimum absolute atomic E-state index is 0.451. The molecule has 4 rings (SSSR count). The lowest BCUT2D eigenvalue weighted by Gasteiger charge is -2.12. The van der Waals surface area contributed by atoms with Crippen molar-refractivity contribution in [1.82, 2.24) is 9.97 Å². The van der Waals surface area contributed by atoms with Crippen LogP contribution in [0.3, 0.4) is 0 Å². The zero-order valence-electron chi connectivity index (χ0n) is 12.4. The zero-order valence-corrected chi connectivity index (χ0v) is 13.2. The van der Waals surface area contributed by atoms with Crippen molar-refractivity contribution in [3.63, 3.8) is 0 Å². The van der Waals surface area contributed by atoms with Crippen molar-refractivity contribution in [2.75, 3.05) is 0 Å². The van der Waals surface area contributed by atoms with E-state index in [4.69, 9.17) is 10.5 Å². The normalized spacial score (nSPS) is 13.7. The van der Waals surface area contributed by atoms with Crippen LogP contribution in [-0.4, -0.2) is 15.9 Å². The Bertz CT molecular complexity index is 887. The summed E-state index contributed by atoms with van der Waals surface area (Å²) in [5, 5.41) is 1.03. The molecule has 6 heteroatoms. The van der Waals surface area contributed by atoms with Crippen molar-refractivity contribution < 1.29 is 9.53 Å². The number of amides is 1. The number of benzene rings is 1. The second kappa shape index (κ2) is 5.62. The fourth-order valence-corrected chi connectivity index (χ4v) is 4.16. The molecule has 2 heterocycles. The van der Waals surface area contributed by atoms with E-state index in [0.29, 0.717) is 17.2 Å². The van der Waals surface area contributed by atoms with E-state index in [1.807, 2.05) is 0 Å². The number of aryl methyl sites for hydroxylation is 2. The smallest absolute Gasteiger partial charge is 0.248 e. The Kier molecular flexibility index (Phi) is 3.46. The van der Waals surface area contributed by atoms with Gasteiger partial charge in [0.15, 0.2) is 0 Å². The number of primary amides is 1. The molecule has 0 unspecified atom stereocenters. The van der Waals surface area contributed by atoms with Gasteiger partial charge in [0.05, 0.1) is 5.39 Å². The van der Waals surface area contributed by atoms with E-state index < -0.39 is 5.91 Å². The second-order valence-electron chi connectivity index (χ2n) is 5.56. The zero-order chi connectivity index (χ0) is 15.8. The quantitative estimate of drug-likeness (QED) is 0.800. The number of nitrogens with zero attached hydrogens (tertiary/aromatic N) is 2. The third-order valence-electron chi connectivity index (χ3n) is 4.07. The van der Waals surface area contributed by atoms with Gasteiger partial charge in [0.2, 0.25) is 11.8 Å². The minimum Gasteiger partial charge on any atom is -0.438 e. The summed E-state index contributed by atoms with van der Waals surface area (Å²) in [5.41, 5.74) is 7.04. The topological polar surface area (TPSA) is 78.1 Å². The summed E-state index contributed by atoms with van der Waals surface area (Å²) >= 11 is 1.74. The predicted octanol–water partition coefficient (Wildman–Crippen LogP) is 3.46. The first-order valence-corrected chi connectivity index (χ1v) is 8.37. The van der Waals surface area contributed by atoms with Crippen molar-refractivity contribution in [2.45, 2.75) is 25.7 Å². The highest BCUT2D eigenvalue weighted by Gasteiger charge is 2.20. The molecule has 1 aliphatic carbocycles. The largest absolute Gasteiger partial charge is 0.438 e. The molecule has 0 radical (unpaired) electrons. The van der Waals surface area contributed by atoms with Gasteiger partial charge in [-0.05, 0) is 55.5 Å². The Morgan fingerprint density at radius 1 is 1.13 bits per heavy atom. The number of nitrogens with two attached hydrogens (primary N) is 1. The summed E-state index contributed by atoms with van der Waals surface area (Å²) in [6.45, 7) is 0. The van der Waals surface area contributed by atoms with E-state index in [2.05, 4.69) is 9.97 Å². The van der Waals surface area contributed by atoms with E-state index >= 15 is 0 Å². The maximum Gasteiger partial charge on any atom is 0.248 e. The molecule has 1 aromatic carbocycles. The van der Waals surface area contributed by atoms with Crippen LogP contribution in [0, 0.1) is 0 Å². The predicted molar refractivity (Wildman–Crippen MR) is 89.1 cm³/mol. The molecule has 5 nitrogen and oxygen atoms in total. The standard InChI is InChI=1S/C17H15N3O2S/c18-15(21)10-5-7-11(8-6-10)22-16-14-12-3-1-2-4-13(12)23-17(14)20-9-19-16/h5-9H,1-4H2,(H2,18,21). The van der Waals surface area contributed by atoms with Crippen LogP contribution < -0.4 is 10.5 Å². The van der Waals surface area contributed by atoms with Crippen molar-refractivity contribution >= 4 is 27.5 Å². The summed E-state index contributed by atoms with van der Waals surface area (Å²) in [7, 11) is 0. The number of carbonyl (C=O) groups is 1. The van der Waals surface area contributed by atoms with Gasteiger partial charge >= 0.3 is 0 Å². The monoisotopic (exact) mass is 325 g/mol. The molecule has 0 spiro atoms. The molecule has 116 valence electrons. The molecule has 1 amide bonds. The molecule has 2 N–H and O–H groups in total. The van der Waals surface area contributed by atoms with E-state index in [9.17, 15) is 4.79 Å². The number of hydrogen-bond acceptors (Lipinski definition) is 5. The molecule has 0 bridgehead atoms. The minimum atomic E-state index is -0.451. The van der Waals surface area contributed by atoms with Crippen LogP contribution in [0.25, 0.3) is 10.2 Å². The maximum absolute atomic E-state index is 11.1. The first kappa shape index (κ1) is 14.1. The van der Waals surface area contributed by atoms with Gasteiger partial charge in [0, 0.05) is 10.4 Å². The van der Waals surface area contributed by atoms with Gasteiger partial charge in [-0.15, -0.1) is 11.3 Å². The Hall–Kier alpha value is -2.47. The van der Waals surface area contributed by atoms with Crippen LogP contribution in [0.15, 0.2) is 30.6 Å². The molecule has 2 aromatic heterocycles. The van der Waals surface area contributed by atoms with Gasteiger partial charge in [-0.1, -0.05) is 0 Å². The molecule has 0 aliphatic heterocycles. The highest BCUT2D eigenvalue weighted by atomic mass is 32.1. The van der Waals surface area contributed by atoms with E-state index in [1.54, 1.807) is 35.6 Å². The van der Waals surface area contributed by atoms with Crippen molar-refractivity contribution in [2.24, 2.45) is 5.73 Å². The SMILES string of the molecule is NC(=O)c1ccc(Oc2ncnc3sc4c(c23)CCCC4)cc1. The van der Waals surface area contributed by atoms with Gasteiger partial charge in [-0.25, -0.2) is 9.97 Å². The second-order valence-corrected chi connectivity index (χ2v) is 6.64. The summed E-state index contributed by atoms with van der Waals surface area (Å²) in [6, 6.07) is 6.76. The molecule has 1 aliphatic rings. The summed E-state index contributed by atoms with van der Waals surface area (Å²) in [6.07, 6.45) is 6.14. The maximum atomic E-state index is 11.1. The summed E-state index contributed by atoms with van der Waals surface area (Å²) in [5.74, 6) is 0.764. The number of hydrogen-bond donors (Lipinski definition) is 1. The number of aromatic nitrogens is 2. The molecule has 23 heavy (non-hydrogen) atoms. The molecular weight excluding hydrogens is 310 g/mol. The van der Waals surface area contributed by atoms with E-state index in [1.165, 1.54) is 29.6 Å². The molecule has 0 saturated carbocycles. The van der Waals surface area contributed by atoms with E-state index in [0.717, 1.165) is 23.1 Å². The molecular formula is C17H15N3O2S. The fourth-order valence-electron chi connectivity index (χ4n) is 2.94. The van der Waals surface area contributed by atoms with E-state index in [-0.39, 0.29) is 0 Å². The van der Waals surface area contributed by atoms with Crippen LogP contribution in [0.1, 0.15) is 33.6 Å². The number of rotatable bonds is 3. The number of fused-ring (bicyclic) bond motifs is 3. The summed E-state index contributed by atoms with van der Waals surface area (Å²) < 4.78 is 5.95. The van der Waals surface area contributed by atoms with Crippen molar-refractivity contribution in [3.8, 4) is 11.6 Å². The Morgan fingerprint density at radius 3 is 2.70 bits per heavy atom. The van der Waals surface area contributed by atoms with Crippen LogP contribution in [0.4, 0.5) is 0 Å². The van der Waals surface area contributed by atoms with Gasteiger partial charge < -0.3 is 10.5 Å². The Balaban J connectivity index is 1.74. The number of thiophene rings is 1. The Morgan fingerprint density at radius 2 is 1.91 bits per heavy atom. The number of ether oxygens (including phenoxy) is 1. The fraction of sp³-hybridized carbons (Fsp3) is 0.235. The lowest BCUT2D eigenvalue weighted by Crippen LogP contribution is -2.10. The molecule has 0 atom stereocenters. The number of carbonyl (C=O) groups excluding carboxylic acids is 1. The average molecular weight is 325 g/mol. The van der Waals surface area contributed by atoms with Crippen LogP contribution in [0.5, 0.6) is 11.6 Å². The van der Waals surface area contributed by atoms with Crippen molar-refractivity contribution in [1.29, 1.82) is 0 Å². The van der Waals surface area contributed by atoms with Gasteiger partial charge in [-0.2, -0.15) is 0 Å². The first-order valence-electron chi connectivity index (χ1n) is 7.55. The van der Waals surface area contributed by atoms with Gasteiger partial charge in [0.1, 0.15) is 16.9 Å². The molecule has 0 fully saturated rings. The van der Waals surface area contributed by atoms with Crippen LogP contribution in [-0.2, 0) is 12.8 Å². The molecule has 0 saturated heterocycles. The third kappa shape index (κ3) is 2.55. The van der Waals surface area contributed by atoms with Gasteiger partial charge in [-0.3, -0.25) is 4.79 Å². The van der Waals surface area contributed by atoms with Crippen LogP contribution >= 0.6 is 11.3 Å². The lowest BCUT2D eigenvalue weighted by molar-refractivity contribution is 0.100. The van der Waals surface area contributed by atoms with Crippen LogP contribution in [0.2, 0.25) is 0 Å².